The molecule has 326 valence electrons. The predicted molar refractivity (Wildman–Crippen MR) is 221 cm³/mol. The van der Waals surface area contributed by atoms with E-state index < -0.39 is 11.8 Å². The number of methoxy groups -OCH3 is 2. The lowest BCUT2D eigenvalue weighted by molar-refractivity contribution is -0.116. The molecule has 16 nitrogen and oxygen atoms in total. The predicted octanol–water partition coefficient (Wildman–Crippen LogP) is 5.00. The Morgan fingerprint density at radius 1 is 0.500 bits per heavy atom. The second-order valence-electron chi connectivity index (χ2n) is 13.1. The van der Waals surface area contributed by atoms with E-state index >= 15 is 0 Å². The lowest BCUT2D eigenvalue weighted by atomic mass is 10.1. The number of nitrogens with one attached hydrogen (secondary N) is 4. The largest absolute Gasteiger partial charge is 0.490 e. The smallest absolute Gasteiger partial charge is 0.255 e. The number of anilines is 2. The Balaban J connectivity index is 2.06. The molecule has 0 heterocycles. The Hall–Kier alpha value is -4.32. The molecule has 0 radical (unpaired) electrons. The van der Waals surface area contributed by atoms with E-state index in [0.717, 1.165) is 44.9 Å². The van der Waals surface area contributed by atoms with Crippen LogP contribution in [0, 0.1) is 0 Å². The highest BCUT2D eigenvalue weighted by molar-refractivity contribution is 6.03. The van der Waals surface area contributed by atoms with Crippen molar-refractivity contribution in [2.75, 3.05) is 117 Å². The first-order valence-electron chi connectivity index (χ1n) is 20.3. The van der Waals surface area contributed by atoms with Crippen LogP contribution in [0.1, 0.15) is 85.9 Å². The molecule has 0 bridgehead atoms. The van der Waals surface area contributed by atoms with Crippen LogP contribution in [-0.2, 0) is 38.0 Å². The van der Waals surface area contributed by atoms with Crippen molar-refractivity contribution in [1.29, 1.82) is 0 Å². The average Bonchev–Trinajstić information content (AvgIpc) is 3.22. The van der Waals surface area contributed by atoms with Gasteiger partial charge >= 0.3 is 0 Å². The Bertz CT molecular complexity index is 1460. The van der Waals surface area contributed by atoms with E-state index in [-0.39, 0.29) is 61.7 Å². The number of hydrogen-bond donors (Lipinski definition) is 4. The summed E-state index contributed by atoms with van der Waals surface area (Å²) in [6.45, 7) is 8.69. The second kappa shape index (κ2) is 32.6. The molecule has 2 aromatic rings. The molecule has 2 rings (SSSR count). The van der Waals surface area contributed by atoms with Crippen LogP contribution in [0.4, 0.5) is 11.4 Å². The minimum atomic E-state index is -0.588. The van der Waals surface area contributed by atoms with Gasteiger partial charge in [-0.15, -0.1) is 0 Å². The second-order valence-corrected chi connectivity index (χ2v) is 13.1. The maximum absolute atomic E-state index is 13.5. The molecule has 0 saturated carbocycles. The average molecular weight is 819 g/mol. The lowest BCUT2D eigenvalue weighted by Crippen LogP contribution is -2.33. The van der Waals surface area contributed by atoms with Gasteiger partial charge in [0.1, 0.15) is 24.7 Å². The first-order valence-corrected chi connectivity index (χ1v) is 20.3. The fourth-order valence-corrected chi connectivity index (χ4v) is 5.24. The summed E-state index contributed by atoms with van der Waals surface area (Å²) in [6, 6.07) is 9.52. The number of benzene rings is 2. The van der Waals surface area contributed by atoms with Crippen molar-refractivity contribution >= 4 is 35.0 Å². The molecule has 4 amide bonds. The highest BCUT2D eigenvalue weighted by atomic mass is 16.6. The molecule has 0 aliphatic heterocycles. The number of unbranched alkanes of at least 4 members (excludes halogenated alkanes) is 5. The summed E-state index contributed by atoms with van der Waals surface area (Å²) >= 11 is 0. The number of rotatable bonds is 35. The molecule has 2 aromatic carbocycles. The van der Waals surface area contributed by atoms with E-state index in [0.29, 0.717) is 82.9 Å². The number of amides is 4. The third-order valence-electron chi connectivity index (χ3n) is 8.33. The van der Waals surface area contributed by atoms with Crippen LogP contribution in [0.5, 0.6) is 11.5 Å². The van der Waals surface area contributed by atoms with E-state index in [4.69, 9.17) is 37.9 Å². The quantitative estimate of drug-likeness (QED) is 0.0683. The van der Waals surface area contributed by atoms with Gasteiger partial charge in [-0.1, -0.05) is 46.0 Å². The molecule has 0 saturated heterocycles. The van der Waals surface area contributed by atoms with Crippen LogP contribution in [-0.4, -0.2) is 130 Å². The van der Waals surface area contributed by atoms with Crippen molar-refractivity contribution in [1.82, 2.24) is 10.6 Å². The van der Waals surface area contributed by atoms with Gasteiger partial charge in [-0.25, -0.2) is 0 Å². The summed E-state index contributed by atoms with van der Waals surface area (Å²) in [5, 5.41) is 11.2. The topological polar surface area (TPSA) is 190 Å². The van der Waals surface area contributed by atoms with Crippen molar-refractivity contribution in [2.24, 2.45) is 0 Å². The number of carbonyl (C=O) groups is 4. The Morgan fingerprint density at radius 3 is 1.45 bits per heavy atom. The molecule has 16 heteroatoms. The third-order valence-corrected chi connectivity index (χ3v) is 8.33. The van der Waals surface area contributed by atoms with Crippen molar-refractivity contribution in [3.05, 3.63) is 47.5 Å². The van der Waals surface area contributed by atoms with Crippen molar-refractivity contribution in [3.8, 4) is 11.5 Å². The Kier molecular flexibility index (Phi) is 28.0. The minimum Gasteiger partial charge on any atom is -0.490 e. The molecular weight excluding hydrogens is 752 g/mol. The fourth-order valence-electron chi connectivity index (χ4n) is 5.24. The monoisotopic (exact) mass is 818 g/mol. The van der Waals surface area contributed by atoms with Crippen LogP contribution in [0.3, 0.4) is 0 Å². The van der Waals surface area contributed by atoms with E-state index in [1.54, 1.807) is 38.5 Å². The van der Waals surface area contributed by atoms with Gasteiger partial charge in [-0.2, -0.15) is 0 Å². The van der Waals surface area contributed by atoms with Crippen LogP contribution >= 0.6 is 0 Å². The number of hydrogen-bond acceptors (Lipinski definition) is 12. The summed E-state index contributed by atoms with van der Waals surface area (Å²) in [7, 11) is 3.21. The normalized spacial score (nSPS) is 10.9. The van der Waals surface area contributed by atoms with Crippen molar-refractivity contribution in [2.45, 2.75) is 65.2 Å². The zero-order valence-electron chi connectivity index (χ0n) is 34.9. The van der Waals surface area contributed by atoms with E-state index in [1.807, 2.05) is 0 Å². The van der Waals surface area contributed by atoms with Gasteiger partial charge < -0.3 is 59.2 Å². The van der Waals surface area contributed by atoms with E-state index in [9.17, 15) is 19.2 Å². The van der Waals surface area contributed by atoms with Crippen LogP contribution < -0.4 is 30.7 Å². The third kappa shape index (κ3) is 22.6. The molecule has 0 aromatic heterocycles. The maximum Gasteiger partial charge on any atom is 0.255 e. The van der Waals surface area contributed by atoms with Crippen molar-refractivity contribution < 1.29 is 57.1 Å². The van der Waals surface area contributed by atoms with E-state index in [1.165, 1.54) is 12.1 Å². The Labute approximate surface area is 343 Å². The molecule has 58 heavy (non-hydrogen) atoms. The summed E-state index contributed by atoms with van der Waals surface area (Å²) in [6.07, 6.45) is 7.04. The van der Waals surface area contributed by atoms with Gasteiger partial charge in [0.25, 0.3) is 11.8 Å². The molecule has 0 atom stereocenters. The lowest BCUT2D eigenvalue weighted by Gasteiger charge is -2.15. The summed E-state index contributed by atoms with van der Waals surface area (Å²) in [4.78, 5) is 52.4. The Morgan fingerprint density at radius 2 is 0.948 bits per heavy atom. The summed E-state index contributed by atoms with van der Waals surface area (Å²) < 4.78 is 43.6. The SMILES string of the molecule is CCCCCCNC(=O)c1cc(NC(=O)CNC(=O)c2cc(NC(=O)CCCCC)ccc2OCCOCCOCCOC)ccc1OCCOCCOCCOC. The van der Waals surface area contributed by atoms with Crippen LogP contribution in [0.2, 0.25) is 0 Å². The summed E-state index contributed by atoms with van der Waals surface area (Å²) in [5.74, 6) is -1.03. The zero-order chi connectivity index (χ0) is 42.1. The van der Waals surface area contributed by atoms with Gasteiger partial charge in [-0.3, -0.25) is 19.2 Å². The van der Waals surface area contributed by atoms with Gasteiger partial charge in [0.15, 0.2) is 0 Å². The zero-order valence-corrected chi connectivity index (χ0v) is 34.9. The van der Waals surface area contributed by atoms with Crippen LogP contribution in [0.15, 0.2) is 36.4 Å². The standard InChI is InChI=1S/C42H66N4O12/c1-5-7-9-11-17-43-41(49)35-31-34(14-16-37(35)57-28-26-55-24-22-53-20-18-51-3)46-40(48)32-44-42(50)36-30-33(45-39(47)12-10-8-6-2)13-15-38(36)58-29-27-56-25-23-54-21-19-52-4/h13-16,30-31H,5-12,17-29,32H2,1-4H3,(H,43,49)(H,44,50)(H,45,47)(H,46,48). The van der Waals surface area contributed by atoms with Gasteiger partial charge in [0.05, 0.1) is 83.7 Å². The van der Waals surface area contributed by atoms with Gasteiger partial charge in [-0.05, 0) is 49.2 Å². The number of carbonyl (C=O) groups excluding carboxylic acids is 4. The highest BCUT2D eigenvalue weighted by Gasteiger charge is 2.18. The van der Waals surface area contributed by atoms with Crippen LogP contribution in [0.25, 0.3) is 0 Å². The molecule has 0 spiro atoms. The molecular formula is C42H66N4O12. The first kappa shape index (κ1) is 49.8. The molecule has 0 fully saturated rings. The van der Waals surface area contributed by atoms with Gasteiger partial charge in [0, 0.05) is 38.6 Å². The summed E-state index contributed by atoms with van der Waals surface area (Å²) in [5.41, 5.74) is 1.14. The fraction of sp³-hybridized carbons (Fsp3) is 0.619. The number of ether oxygens (including phenoxy) is 8. The first-order chi connectivity index (χ1) is 28.3. The van der Waals surface area contributed by atoms with Crippen molar-refractivity contribution in [3.63, 3.8) is 0 Å². The molecule has 0 unspecified atom stereocenters. The highest BCUT2D eigenvalue weighted by Crippen LogP contribution is 2.25. The maximum atomic E-state index is 13.5. The molecule has 4 N–H and O–H groups in total. The molecule has 0 aliphatic rings. The molecule has 0 aliphatic carbocycles. The van der Waals surface area contributed by atoms with E-state index in [2.05, 4.69) is 35.1 Å². The minimum absolute atomic E-state index is 0.129. The van der Waals surface area contributed by atoms with Gasteiger partial charge in [0.2, 0.25) is 11.8 Å².